The molecule has 18 heavy (non-hydrogen) atoms. The Kier molecular flexibility index (Phi) is 3.33. The van der Waals surface area contributed by atoms with Gasteiger partial charge in [0.25, 0.3) is 0 Å². The molecule has 0 aromatic heterocycles. The van der Waals surface area contributed by atoms with Crippen LogP contribution in [0.3, 0.4) is 0 Å². The van der Waals surface area contributed by atoms with Crippen LogP contribution >= 0.6 is 0 Å². The highest BCUT2D eigenvalue weighted by molar-refractivity contribution is 5.76. The third kappa shape index (κ3) is 2.09. The first-order valence-corrected chi connectivity index (χ1v) is 6.39. The topological polar surface area (TPSA) is 29.5 Å². The first kappa shape index (κ1) is 12.9. The molecular formula is C15H21NO2. The summed E-state index contributed by atoms with van der Waals surface area (Å²) in [5, 5.41) is 0. The lowest BCUT2D eigenvalue weighted by Crippen LogP contribution is -2.45. The van der Waals surface area contributed by atoms with E-state index in [0.717, 1.165) is 13.0 Å². The van der Waals surface area contributed by atoms with Crippen LogP contribution in [0.4, 0.5) is 5.69 Å². The van der Waals surface area contributed by atoms with Crippen molar-refractivity contribution in [1.29, 1.82) is 0 Å². The summed E-state index contributed by atoms with van der Waals surface area (Å²) in [5.41, 5.74) is 2.24. The molecule has 1 unspecified atom stereocenters. The molecule has 0 aliphatic carbocycles. The normalized spacial score (nSPS) is 22.0. The van der Waals surface area contributed by atoms with Gasteiger partial charge < -0.3 is 9.64 Å². The van der Waals surface area contributed by atoms with Gasteiger partial charge in [-0.3, -0.25) is 4.79 Å². The molecular weight excluding hydrogens is 226 g/mol. The van der Waals surface area contributed by atoms with Gasteiger partial charge in [-0.1, -0.05) is 17.7 Å². The standard InChI is InChI=1S/C15H21NO2/c1-11-5-7-12(8-6-11)16-10-9-13(14(17)18-4)15(16,2)3/h5-8,13H,9-10H2,1-4H3. The Morgan fingerprint density at radius 1 is 1.33 bits per heavy atom. The van der Waals surface area contributed by atoms with Gasteiger partial charge >= 0.3 is 5.97 Å². The molecule has 0 amide bonds. The third-order valence-corrected chi connectivity index (χ3v) is 4.02. The van der Waals surface area contributed by atoms with E-state index in [1.807, 2.05) is 0 Å². The van der Waals surface area contributed by atoms with Crippen molar-refractivity contribution in [2.45, 2.75) is 32.7 Å². The molecule has 0 radical (unpaired) electrons. The molecule has 1 atom stereocenters. The lowest BCUT2D eigenvalue weighted by Gasteiger charge is -2.36. The summed E-state index contributed by atoms with van der Waals surface area (Å²) < 4.78 is 4.91. The van der Waals surface area contributed by atoms with E-state index in [0.29, 0.717) is 0 Å². The maximum Gasteiger partial charge on any atom is 0.311 e. The van der Waals surface area contributed by atoms with Crippen molar-refractivity contribution >= 4 is 11.7 Å². The zero-order valence-electron chi connectivity index (χ0n) is 11.6. The molecule has 3 heteroatoms. The van der Waals surface area contributed by atoms with Crippen LogP contribution < -0.4 is 4.90 Å². The first-order chi connectivity index (χ1) is 8.46. The first-order valence-electron chi connectivity index (χ1n) is 6.39. The minimum absolute atomic E-state index is 0.0520. The lowest BCUT2D eigenvalue weighted by atomic mass is 9.88. The summed E-state index contributed by atoms with van der Waals surface area (Å²) in [6, 6.07) is 8.46. The van der Waals surface area contributed by atoms with E-state index in [2.05, 4.69) is 49.9 Å². The molecule has 3 nitrogen and oxygen atoms in total. The largest absolute Gasteiger partial charge is 0.469 e. The van der Waals surface area contributed by atoms with Crippen molar-refractivity contribution in [3.05, 3.63) is 29.8 Å². The van der Waals surface area contributed by atoms with Crippen molar-refractivity contribution < 1.29 is 9.53 Å². The van der Waals surface area contributed by atoms with Crippen LogP contribution in [0.2, 0.25) is 0 Å². The number of hydrogen-bond donors (Lipinski definition) is 0. The molecule has 0 saturated carbocycles. The highest BCUT2D eigenvalue weighted by atomic mass is 16.5. The Labute approximate surface area is 109 Å². The summed E-state index contributed by atoms with van der Waals surface area (Å²) in [6.45, 7) is 7.20. The average molecular weight is 247 g/mol. The van der Waals surface area contributed by atoms with Crippen molar-refractivity contribution in [2.24, 2.45) is 5.92 Å². The van der Waals surface area contributed by atoms with Crippen LogP contribution in [-0.2, 0) is 9.53 Å². The molecule has 0 N–H and O–H groups in total. The SMILES string of the molecule is COC(=O)C1CCN(c2ccc(C)cc2)C1(C)C. The maximum atomic E-state index is 11.8. The number of rotatable bonds is 2. The average Bonchev–Trinajstić information content (AvgIpc) is 2.65. The van der Waals surface area contributed by atoms with E-state index in [4.69, 9.17) is 4.74 Å². The fourth-order valence-electron chi connectivity index (χ4n) is 2.82. The summed E-state index contributed by atoms with van der Waals surface area (Å²) in [6.07, 6.45) is 0.855. The van der Waals surface area contributed by atoms with Crippen LogP contribution in [0.5, 0.6) is 0 Å². The number of hydrogen-bond acceptors (Lipinski definition) is 3. The van der Waals surface area contributed by atoms with E-state index >= 15 is 0 Å². The number of carbonyl (C=O) groups is 1. The lowest BCUT2D eigenvalue weighted by molar-refractivity contribution is -0.146. The second kappa shape index (κ2) is 4.63. The van der Waals surface area contributed by atoms with Crippen molar-refractivity contribution in [3.8, 4) is 0 Å². The predicted molar refractivity (Wildman–Crippen MR) is 72.7 cm³/mol. The van der Waals surface area contributed by atoms with Gasteiger partial charge in [0.15, 0.2) is 0 Å². The molecule has 0 bridgehead atoms. The molecule has 98 valence electrons. The van der Waals surface area contributed by atoms with Gasteiger partial charge in [-0.2, -0.15) is 0 Å². The number of nitrogens with zero attached hydrogens (tertiary/aromatic N) is 1. The number of carbonyl (C=O) groups excluding carboxylic acids is 1. The highest BCUT2D eigenvalue weighted by Crippen LogP contribution is 2.38. The summed E-state index contributed by atoms with van der Waals surface area (Å²) in [5.74, 6) is -0.154. The van der Waals surface area contributed by atoms with E-state index < -0.39 is 0 Å². The number of ether oxygens (including phenoxy) is 1. The molecule has 0 spiro atoms. The molecule has 1 aliphatic rings. The second-order valence-corrected chi connectivity index (χ2v) is 5.51. The Bertz CT molecular complexity index is 436. The van der Waals surface area contributed by atoms with Crippen molar-refractivity contribution in [1.82, 2.24) is 0 Å². The van der Waals surface area contributed by atoms with Crippen molar-refractivity contribution in [3.63, 3.8) is 0 Å². The fourth-order valence-corrected chi connectivity index (χ4v) is 2.82. The quantitative estimate of drug-likeness (QED) is 0.753. The van der Waals surface area contributed by atoms with Crippen LogP contribution in [0, 0.1) is 12.8 Å². The van der Waals surface area contributed by atoms with Gasteiger partial charge in [0.1, 0.15) is 0 Å². The van der Waals surface area contributed by atoms with Crippen LogP contribution in [0.15, 0.2) is 24.3 Å². The fraction of sp³-hybridized carbons (Fsp3) is 0.533. The Hall–Kier alpha value is -1.51. The Morgan fingerprint density at radius 2 is 1.94 bits per heavy atom. The predicted octanol–water partition coefficient (Wildman–Crippen LogP) is 2.77. The van der Waals surface area contributed by atoms with Crippen LogP contribution in [-0.4, -0.2) is 25.2 Å². The van der Waals surface area contributed by atoms with Gasteiger partial charge in [0, 0.05) is 17.8 Å². The molecule has 1 aromatic carbocycles. The zero-order valence-corrected chi connectivity index (χ0v) is 11.6. The molecule has 1 aliphatic heterocycles. The number of esters is 1. The number of benzene rings is 1. The highest BCUT2D eigenvalue weighted by Gasteiger charge is 2.45. The Morgan fingerprint density at radius 3 is 2.50 bits per heavy atom. The maximum absolute atomic E-state index is 11.8. The van der Waals surface area contributed by atoms with Gasteiger partial charge in [-0.15, -0.1) is 0 Å². The number of aryl methyl sites for hydroxylation is 1. The van der Waals surface area contributed by atoms with E-state index in [-0.39, 0.29) is 17.4 Å². The van der Waals surface area contributed by atoms with Gasteiger partial charge in [-0.05, 0) is 39.3 Å². The monoisotopic (exact) mass is 247 g/mol. The molecule has 2 rings (SSSR count). The smallest absolute Gasteiger partial charge is 0.311 e. The minimum atomic E-state index is -0.192. The third-order valence-electron chi connectivity index (χ3n) is 4.02. The number of anilines is 1. The summed E-state index contributed by atoms with van der Waals surface area (Å²) in [7, 11) is 1.47. The summed E-state index contributed by atoms with van der Waals surface area (Å²) in [4.78, 5) is 14.1. The molecule has 1 saturated heterocycles. The van der Waals surface area contributed by atoms with E-state index in [1.165, 1.54) is 18.4 Å². The Balaban J connectivity index is 2.26. The van der Waals surface area contributed by atoms with E-state index in [9.17, 15) is 4.79 Å². The van der Waals surface area contributed by atoms with Crippen LogP contribution in [0.1, 0.15) is 25.8 Å². The molecule has 1 heterocycles. The summed E-state index contributed by atoms with van der Waals surface area (Å²) >= 11 is 0. The second-order valence-electron chi connectivity index (χ2n) is 5.51. The minimum Gasteiger partial charge on any atom is -0.469 e. The van der Waals surface area contributed by atoms with Gasteiger partial charge in [0.05, 0.1) is 13.0 Å². The van der Waals surface area contributed by atoms with Gasteiger partial charge in [0.2, 0.25) is 0 Å². The van der Waals surface area contributed by atoms with Crippen LogP contribution in [0.25, 0.3) is 0 Å². The number of methoxy groups -OCH3 is 1. The van der Waals surface area contributed by atoms with Crippen molar-refractivity contribution in [2.75, 3.05) is 18.6 Å². The zero-order chi connectivity index (χ0) is 13.3. The van der Waals surface area contributed by atoms with Gasteiger partial charge in [-0.25, -0.2) is 0 Å². The molecule has 1 aromatic rings. The molecule has 1 fully saturated rings. The van der Waals surface area contributed by atoms with E-state index in [1.54, 1.807) is 0 Å².